The number of hydrogen-bond acceptors (Lipinski definition) is 3. The maximum Gasteiger partial charge on any atom is 0.223 e. The van der Waals surface area contributed by atoms with Crippen molar-refractivity contribution in [3.05, 3.63) is 0 Å². The third-order valence-electron chi connectivity index (χ3n) is 2.76. The first-order valence-corrected chi connectivity index (χ1v) is 5.10. The molecule has 1 heterocycles. The summed E-state index contributed by atoms with van der Waals surface area (Å²) < 4.78 is 0. The number of amides is 1. The van der Waals surface area contributed by atoms with Gasteiger partial charge in [0.1, 0.15) is 0 Å². The number of nitrogens with one attached hydrogen (secondary N) is 1. The number of aliphatic hydroxyl groups is 1. The van der Waals surface area contributed by atoms with Gasteiger partial charge in [0.05, 0.1) is 12.1 Å². The predicted molar refractivity (Wildman–Crippen MR) is 54.9 cm³/mol. The smallest absolute Gasteiger partial charge is 0.223 e. The van der Waals surface area contributed by atoms with E-state index in [9.17, 15) is 9.90 Å². The second-order valence-corrected chi connectivity index (χ2v) is 4.57. The Morgan fingerprint density at radius 1 is 1.64 bits per heavy atom. The van der Waals surface area contributed by atoms with E-state index >= 15 is 0 Å². The normalized spacial score (nSPS) is 28.4. The fourth-order valence-corrected chi connectivity index (χ4v) is 1.76. The molecule has 4 nitrogen and oxygen atoms in total. The molecule has 4 heteroatoms. The fraction of sp³-hybridized carbons (Fsp3) is 0.900. The van der Waals surface area contributed by atoms with Crippen molar-refractivity contribution < 1.29 is 9.90 Å². The molecular weight excluding hydrogens is 180 g/mol. The molecule has 0 spiro atoms. The number of nitrogens with zero attached hydrogens (tertiary/aromatic N) is 1. The Hall–Kier alpha value is -0.610. The highest BCUT2D eigenvalue weighted by Crippen LogP contribution is 2.19. The lowest BCUT2D eigenvalue weighted by Crippen LogP contribution is -2.54. The molecule has 1 unspecified atom stereocenters. The summed E-state index contributed by atoms with van der Waals surface area (Å²) in [5, 5.41) is 12.3. The van der Waals surface area contributed by atoms with E-state index in [1.165, 1.54) is 0 Å². The second-order valence-electron chi connectivity index (χ2n) is 4.57. The molecule has 0 radical (unpaired) electrons. The van der Waals surface area contributed by atoms with Gasteiger partial charge in [-0.05, 0) is 13.5 Å². The van der Waals surface area contributed by atoms with Crippen LogP contribution in [0.25, 0.3) is 0 Å². The third kappa shape index (κ3) is 2.45. The molecule has 1 rings (SSSR count). The molecule has 1 saturated heterocycles. The maximum absolute atomic E-state index is 11.5. The Morgan fingerprint density at radius 2 is 2.29 bits per heavy atom. The summed E-state index contributed by atoms with van der Waals surface area (Å²) in [6.07, 6.45) is 0.832. The van der Waals surface area contributed by atoms with Gasteiger partial charge >= 0.3 is 0 Å². The highest BCUT2D eigenvalue weighted by atomic mass is 16.3. The van der Waals surface area contributed by atoms with Crippen LogP contribution < -0.4 is 5.32 Å². The zero-order valence-corrected chi connectivity index (χ0v) is 9.21. The molecule has 14 heavy (non-hydrogen) atoms. The monoisotopic (exact) mass is 200 g/mol. The summed E-state index contributed by atoms with van der Waals surface area (Å²) in [4.78, 5) is 13.7. The molecule has 1 fully saturated rings. The SMILES string of the molecule is CC(C)C(=O)NC1(CO)CCN(C)C1. The van der Waals surface area contributed by atoms with E-state index in [4.69, 9.17) is 0 Å². The van der Waals surface area contributed by atoms with Crippen molar-refractivity contribution in [1.29, 1.82) is 0 Å². The van der Waals surface area contributed by atoms with E-state index in [2.05, 4.69) is 10.2 Å². The van der Waals surface area contributed by atoms with Gasteiger partial charge in [-0.3, -0.25) is 4.79 Å². The van der Waals surface area contributed by atoms with Crippen LogP contribution in [0.3, 0.4) is 0 Å². The van der Waals surface area contributed by atoms with E-state index < -0.39 is 5.54 Å². The lowest BCUT2D eigenvalue weighted by molar-refractivity contribution is -0.126. The van der Waals surface area contributed by atoms with Crippen LogP contribution in [0.15, 0.2) is 0 Å². The first-order chi connectivity index (χ1) is 6.49. The summed E-state index contributed by atoms with van der Waals surface area (Å²) in [5.41, 5.74) is -0.407. The molecular formula is C10H20N2O2. The van der Waals surface area contributed by atoms with Crippen molar-refractivity contribution in [3.63, 3.8) is 0 Å². The second kappa shape index (κ2) is 4.28. The Balaban J connectivity index is 2.59. The van der Waals surface area contributed by atoms with Gasteiger partial charge in [0.2, 0.25) is 5.91 Å². The largest absolute Gasteiger partial charge is 0.394 e. The Kier molecular flexibility index (Phi) is 3.50. The molecule has 0 bridgehead atoms. The lowest BCUT2D eigenvalue weighted by Gasteiger charge is -2.28. The van der Waals surface area contributed by atoms with Crippen LogP contribution in [0.4, 0.5) is 0 Å². The zero-order valence-electron chi connectivity index (χ0n) is 9.21. The van der Waals surface area contributed by atoms with Crippen LogP contribution in [0.2, 0.25) is 0 Å². The molecule has 0 aromatic rings. The molecule has 1 atom stereocenters. The van der Waals surface area contributed by atoms with E-state index in [0.29, 0.717) is 0 Å². The van der Waals surface area contributed by atoms with Crippen LogP contribution in [-0.4, -0.2) is 48.2 Å². The average molecular weight is 200 g/mol. The Morgan fingerprint density at radius 3 is 2.64 bits per heavy atom. The van der Waals surface area contributed by atoms with Crippen molar-refractivity contribution >= 4 is 5.91 Å². The number of hydrogen-bond donors (Lipinski definition) is 2. The first kappa shape index (κ1) is 11.5. The van der Waals surface area contributed by atoms with Gasteiger partial charge in [0, 0.05) is 19.0 Å². The van der Waals surface area contributed by atoms with Crippen LogP contribution in [0.1, 0.15) is 20.3 Å². The molecule has 0 aliphatic carbocycles. The van der Waals surface area contributed by atoms with E-state index in [1.54, 1.807) is 0 Å². The van der Waals surface area contributed by atoms with Gasteiger partial charge < -0.3 is 15.3 Å². The van der Waals surface area contributed by atoms with Gasteiger partial charge in [0.15, 0.2) is 0 Å². The predicted octanol–water partition coefficient (Wildman–Crippen LogP) is -0.175. The van der Waals surface area contributed by atoms with E-state index in [0.717, 1.165) is 19.5 Å². The Labute approximate surface area is 85.3 Å². The lowest BCUT2D eigenvalue weighted by atomic mass is 9.98. The first-order valence-electron chi connectivity index (χ1n) is 5.10. The Bertz CT molecular complexity index is 218. The van der Waals surface area contributed by atoms with Crippen molar-refractivity contribution in [2.24, 2.45) is 5.92 Å². The van der Waals surface area contributed by atoms with Crippen LogP contribution in [-0.2, 0) is 4.79 Å². The minimum atomic E-state index is -0.407. The zero-order chi connectivity index (χ0) is 10.8. The number of likely N-dealkylation sites (N-methyl/N-ethyl adjacent to an activating group) is 1. The topological polar surface area (TPSA) is 52.6 Å². The van der Waals surface area contributed by atoms with Crippen molar-refractivity contribution in [2.45, 2.75) is 25.8 Å². The maximum atomic E-state index is 11.5. The van der Waals surface area contributed by atoms with Gasteiger partial charge in [-0.1, -0.05) is 13.8 Å². The minimum absolute atomic E-state index is 0.0225. The van der Waals surface area contributed by atoms with Gasteiger partial charge in [0.25, 0.3) is 0 Å². The highest BCUT2D eigenvalue weighted by molar-refractivity contribution is 5.78. The molecule has 0 saturated carbocycles. The van der Waals surface area contributed by atoms with E-state index in [1.807, 2.05) is 20.9 Å². The van der Waals surface area contributed by atoms with Crippen LogP contribution >= 0.6 is 0 Å². The molecule has 0 aromatic carbocycles. The number of carbonyl (C=O) groups is 1. The highest BCUT2D eigenvalue weighted by Gasteiger charge is 2.37. The number of carbonyl (C=O) groups excluding carboxylic acids is 1. The minimum Gasteiger partial charge on any atom is -0.394 e. The fourth-order valence-electron chi connectivity index (χ4n) is 1.76. The van der Waals surface area contributed by atoms with Gasteiger partial charge in [-0.15, -0.1) is 0 Å². The summed E-state index contributed by atoms with van der Waals surface area (Å²) in [6.45, 7) is 5.41. The quantitative estimate of drug-likeness (QED) is 0.665. The van der Waals surface area contributed by atoms with Crippen molar-refractivity contribution in [1.82, 2.24) is 10.2 Å². The molecule has 0 aromatic heterocycles. The van der Waals surface area contributed by atoms with E-state index in [-0.39, 0.29) is 18.4 Å². The molecule has 1 aliphatic heterocycles. The van der Waals surface area contributed by atoms with Crippen LogP contribution in [0, 0.1) is 5.92 Å². The standard InChI is InChI=1S/C10H20N2O2/c1-8(2)9(14)11-10(7-13)4-5-12(3)6-10/h8,13H,4-7H2,1-3H3,(H,11,14). The molecule has 82 valence electrons. The summed E-state index contributed by atoms with van der Waals surface area (Å²) >= 11 is 0. The average Bonchev–Trinajstić information content (AvgIpc) is 2.48. The van der Waals surface area contributed by atoms with Crippen molar-refractivity contribution in [3.8, 4) is 0 Å². The molecule has 2 N–H and O–H groups in total. The number of aliphatic hydroxyl groups excluding tert-OH is 1. The summed E-state index contributed by atoms with van der Waals surface area (Å²) in [7, 11) is 2.00. The number of rotatable bonds is 3. The molecule has 1 aliphatic rings. The van der Waals surface area contributed by atoms with Gasteiger partial charge in [-0.25, -0.2) is 0 Å². The van der Waals surface area contributed by atoms with Crippen LogP contribution in [0.5, 0.6) is 0 Å². The molecule has 1 amide bonds. The van der Waals surface area contributed by atoms with Crippen molar-refractivity contribution in [2.75, 3.05) is 26.7 Å². The number of likely N-dealkylation sites (tertiary alicyclic amines) is 1. The van der Waals surface area contributed by atoms with Gasteiger partial charge in [-0.2, -0.15) is 0 Å². The summed E-state index contributed by atoms with van der Waals surface area (Å²) in [5.74, 6) is -0.00122. The summed E-state index contributed by atoms with van der Waals surface area (Å²) in [6, 6.07) is 0. The third-order valence-corrected chi connectivity index (χ3v) is 2.76.